The Morgan fingerprint density at radius 3 is 2.42 bits per heavy atom. The minimum Gasteiger partial charge on any atom is -0.310 e. The van der Waals surface area contributed by atoms with Gasteiger partial charge in [-0.1, -0.05) is 30.7 Å². The van der Waals surface area contributed by atoms with Gasteiger partial charge in [0.05, 0.1) is 0 Å². The normalized spacial score (nSPS) is 13.6. The number of benzene rings is 1. The lowest BCUT2D eigenvalue weighted by Crippen LogP contribution is -2.22. The Bertz CT molecular complexity index is 399. The van der Waals surface area contributed by atoms with Crippen molar-refractivity contribution in [3.8, 4) is 0 Å². The number of nitrogens with one attached hydrogen (secondary N) is 1. The van der Waals surface area contributed by atoms with Crippen LogP contribution in [-0.4, -0.2) is 12.7 Å². The van der Waals surface area contributed by atoms with Gasteiger partial charge < -0.3 is 5.32 Å². The van der Waals surface area contributed by atoms with Crippen molar-refractivity contribution in [1.29, 1.82) is 0 Å². The molecule has 0 bridgehead atoms. The summed E-state index contributed by atoms with van der Waals surface area (Å²) in [5.74, 6) is 0. The maximum absolute atomic E-state index is 12.2. The van der Waals surface area contributed by atoms with E-state index in [0.29, 0.717) is 6.42 Å². The molecule has 1 atom stereocenters. The first-order chi connectivity index (χ1) is 8.83. The van der Waals surface area contributed by atoms with Gasteiger partial charge in [-0.3, -0.25) is 0 Å². The Balaban J connectivity index is 2.71. The van der Waals surface area contributed by atoms with E-state index in [1.54, 1.807) is 0 Å². The molecule has 0 aliphatic rings. The highest BCUT2D eigenvalue weighted by molar-refractivity contribution is 5.32. The Hall–Kier alpha value is -1.03. The molecule has 0 saturated heterocycles. The minimum absolute atomic E-state index is 0.00736. The summed E-state index contributed by atoms with van der Waals surface area (Å²) in [6.45, 7) is 6.75. The van der Waals surface area contributed by atoms with Crippen molar-refractivity contribution in [1.82, 2.24) is 5.32 Å². The van der Waals surface area contributed by atoms with Crippen molar-refractivity contribution >= 4 is 0 Å². The quantitative estimate of drug-likeness (QED) is 0.793. The van der Waals surface area contributed by atoms with E-state index >= 15 is 0 Å². The highest BCUT2D eigenvalue weighted by atomic mass is 19.4. The van der Waals surface area contributed by atoms with E-state index in [1.165, 1.54) is 5.56 Å². The summed E-state index contributed by atoms with van der Waals surface area (Å²) in [5.41, 5.74) is 3.42. The van der Waals surface area contributed by atoms with Crippen LogP contribution in [0.5, 0.6) is 0 Å². The summed E-state index contributed by atoms with van der Waals surface area (Å²) in [4.78, 5) is 0. The van der Waals surface area contributed by atoms with Crippen LogP contribution >= 0.6 is 0 Å². The third-order valence-corrected chi connectivity index (χ3v) is 3.20. The van der Waals surface area contributed by atoms with Crippen LogP contribution in [0.1, 0.15) is 48.9 Å². The lowest BCUT2D eigenvalue weighted by molar-refractivity contribution is -0.135. The molecule has 0 saturated carbocycles. The van der Waals surface area contributed by atoms with Crippen molar-refractivity contribution in [2.45, 2.75) is 52.3 Å². The van der Waals surface area contributed by atoms with Gasteiger partial charge in [0, 0.05) is 12.5 Å². The first-order valence-corrected chi connectivity index (χ1v) is 6.70. The van der Waals surface area contributed by atoms with Crippen LogP contribution in [0.25, 0.3) is 0 Å². The zero-order valence-electron chi connectivity index (χ0n) is 11.8. The molecule has 1 nitrogen and oxygen atoms in total. The molecule has 0 spiro atoms. The minimum atomic E-state index is -4.06. The van der Waals surface area contributed by atoms with Crippen molar-refractivity contribution in [2.75, 3.05) is 6.54 Å². The van der Waals surface area contributed by atoms with E-state index < -0.39 is 12.6 Å². The molecule has 0 fully saturated rings. The number of alkyl halides is 3. The first kappa shape index (κ1) is 16.0. The van der Waals surface area contributed by atoms with Gasteiger partial charge in [-0.05, 0) is 44.4 Å². The van der Waals surface area contributed by atoms with Crippen LogP contribution in [0.15, 0.2) is 18.2 Å². The molecule has 1 N–H and O–H groups in total. The molecule has 0 radical (unpaired) electrons. The van der Waals surface area contributed by atoms with Crippen molar-refractivity contribution in [3.05, 3.63) is 34.9 Å². The van der Waals surface area contributed by atoms with Crippen LogP contribution in [0.2, 0.25) is 0 Å². The second-order valence-electron chi connectivity index (χ2n) is 4.98. The summed E-state index contributed by atoms with van der Waals surface area (Å²) in [6.07, 6.45) is -4.09. The van der Waals surface area contributed by atoms with Crippen LogP contribution in [0, 0.1) is 13.8 Å². The maximum Gasteiger partial charge on any atom is 0.389 e. The van der Waals surface area contributed by atoms with Gasteiger partial charge in [0.15, 0.2) is 0 Å². The predicted octanol–water partition coefficient (Wildman–Crippen LogP) is 4.69. The van der Waals surface area contributed by atoms with Gasteiger partial charge in [0.2, 0.25) is 0 Å². The van der Waals surface area contributed by atoms with Gasteiger partial charge >= 0.3 is 6.18 Å². The molecular formula is C15H22F3N. The summed E-state index contributed by atoms with van der Waals surface area (Å²) < 4.78 is 36.6. The van der Waals surface area contributed by atoms with Gasteiger partial charge in [0.1, 0.15) is 0 Å². The molecule has 0 aromatic heterocycles. The highest BCUT2D eigenvalue weighted by Gasteiger charge is 2.27. The zero-order valence-corrected chi connectivity index (χ0v) is 11.8. The van der Waals surface area contributed by atoms with Crippen LogP contribution in [0.3, 0.4) is 0 Å². The van der Waals surface area contributed by atoms with E-state index in [1.807, 2.05) is 32.9 Å². The van der Waals surface area contributed by atoms with Crippen LogP contribution < -0.4 is 5.32 Å². The molecular weight excluding hydrogens is 251 g/mol. The van der Waals surface area contributed by atoms with Gasteiger partial charge in [-0.2, -0.15) is 13.2 Å². The standard InChI is InChI=1S/C15H22F3N/c1-4-19-14(6-5-9-15(16,17)18)13-8-7-11(2)10-12(13)3/h7-8,10,14,19H,4-6,9H2,1-3H3. The molecule has 4 heteroatoms. The first-order valence-electron chi connectivity index (χ1n) is 6.70. The van der Waals surface area contributed by atoms with Crippen molar-refractivity contribution < 1.29 is 13.2 Å². The average Bonchev–Trinajstić information content (AvgIpc) is 2.26. The smallest absolute Gasteiger partial charge is 0.310 e. The monoisotopic (exact) mass is 273 g/mol. The third-order valence-electron chi connectivity index (χ3n) is 3.20. The van der Waals surface area contributed by atoms with Crippen molar-refractivity contribution in [3.63, 3.8) is 0 Å². The Morgan fingerprint density at radius 1 is 1.21 bits per heavy atom. The Labute approximate surface area is 113 Å². The molecule has 19 heavy (non-hydrogen) atoms. The SMILES string of the molecule is CCNC(CCCC(F)(F)F)c1ccc(C)cc1C. The molecule has 0 aliphatic carbocycles. The van der Waals surface area contributed by atoms with E-state index in [4.69, 9.17) is 0 Å². The number of rotatable bonds is 6. The lowest BCUT2D eigenvalue weighted by atomic mass is 9.95. The number of halogens is 3. The van der Waals surface area contributed by atoms with Gasteiger partial charge in [-0.25, -0.2) is 0 Å². The fourth-order valence-electron chi connectivity index (χ4n) is 2.34. The largest absolute Gasteiger partial charge is 0.389 e. The fraction of sp³-hybridized carbons (Fsp3) is 0.600. The topological polar surface area (TPSA) is 12.0 Å². The lowest BCUT2D eigenvalue weighted by Gasteiger charge is -2.21. The van der Waals surface area contributed by atoms with Gasteiger partial charge in [-0.15, -0.1) is 0 Å². The van der Waals surface area contributed by atoms with E-state index in [2.05, 4.69) is 11.4 Å². The summed E-state index contributed by atoms with van der Waals surface area (Å²) in [7, 11) is 0. The van der Waals surface area contributed by atoms with Crippen molar-refractivity contribution in [2.24, 2.45) is 0 Å². The second-order valence-corrected chi connectivity index (χ2v) is 4.98. The van der Waals surface area contributed by atoms with Crippen LogP contribution in [0.4, 0.5) is 13.2 Å². The van der Waals surface area contributed by atoms with Gasteiger partial charge in [0.25, 0.3) is 0 Å². The Kier molecular flexibility index (Phi) is 5.85. The number of aryl methyl sites for hydroxylation is 2. The Morgan fingerprint density at radius 2 is 1.89 bits per heavy atom. The van der Waals surface area contributed by atoms with E-state index in [-0.39, 0.29) is 12.5 Å². The zero-order chi connectivity index (χ0) is 14.5. The number of hydrogen-bond acceptors (Lipinski definition) is 1. The highest BCUT2D eigenvalue weighted by Crippen LogP contribution is 2.28. The molecule has 1 aromatic rings. The van der Waals surface area contributed by atoms with E-state index in [0.717, 1.165) is 17.7 Å². The third kappa shape index (κ3) is 5.64. The number of hydrogen-bond donors (Lipinski definition) is 1. The average molecular weight is 273 g/mol. The summed E-state index contributed by atoms with van der Waals surface area (Å²) in [6, 6.07) is 6.11. The summed E-state index contributed by atoms with van der Waals surface area (Å²) >= 11 is 0. The molecule has 1 unspecified atom stereocenters. The predicted molar refractivity (Wildman–Crippen MR) is 72.2 cm³/mol. The molecule has 1 aromatic carbocycles. The molecule has 0 amide bonds. The molecule has 0 heterocycles. The van der Waals surface area contributed by atoms with Crippen LogP contribution in [-0.2, 0) is 0 Å². The molecule has 1 rings (SSSR count). The fourth-order valence-corrected chi connectivity index (χ4v) is 2.34. The maximum atomic E-state index is 12.2. The second kappa shape index (κ2) is 6.94. The molecule has 0 aliphatic heterocycles. The van der Waals surface area contributed by atoms with E-state index in [9.17, 15) is 13.2 Å². The molecule has 108 valence electrons. The summed E-state index contributed by atoms with van der Waals surface area (Å²) in [5, 5.41) is 3.28.